The Morgan fingerprint density at radius 1 is 1.05 bits per heavy atom. The highest BCUT2D eigenvalue weighted by molar-refractivity contribution is 7.90. The number of nitrogens with one attached hydrogen (secondary N) is 1. The van der Waals surface area contributed by atoms with Gasteiger partial charge < -0.3 is 9.84 Å². The van der Waals surface area contributed by atoms with Gasteiger partial charge in [-0.1, -0.05) is 47.7 Å². The molecule has 6 rings (SSSR count). The van der Waals surface area contributed by atoms with Crippen molar-refractivity contribution in [1.82, 2.24) is 15.0 Å². The van der Waals surface area contributed by atoms with Crippen LogP contribution in [0.15, 0.2) is 65.6 Å². The fourth-order valence-electron chi connectivity index (χ4n) is 4.94. The predicted octanol–water partition coefficient (Wildman–Crippen LogP) is 6.25. The van der Waals surface area contributed by atoms with E-state index in [2.05, 4.69) is 15.6 Å². The second-order valence-electron chi connectivity index (χ2n) is 10.3. The zero-order valence-corrected chi connectivity index (χ0v) is 25.3. The fraction of sp³-hybridized carbons (Fsp3) is 0.241. The van der Waals surface area contributed by atoms with E-state index in [1.165, 1.54) is 27.4 Å². The summed E-state index contributed by atoms with van der Waals surface area (Å²) >= 11 is 2.95. The van der Waals surface area contributed by atoms with Gasteiger partial charge in [-0.15, -0.1) is 27.8 Å². The molecule has 2 N–H and O–H groups in total. The number of carboxylic acid groups (broad SMARTS) is 1. The van der Waals surface area contributed by atoms with Gasteiger partial charge >= 0.3 is 12.1 Å². The van der Waals surface area contributed by atoms with Crippen LogP contribution in [0.3, 0.4) is 0 Å². The topological polar surface area (TPSA) is 140 Å². The standard InChI is InChI=1S/C29H26N4O6S3/c1-16(17-7-5-4-6-8-17)39-28(36)30-26-25(31-32-33(26)2)23-15-22-21(41-23)14-20(40-22)18-9-10-19(24(13-18)42(3,37)38)29(11-12-29)27(34)35/h4-10,13-16H,11-12H2,1-3H3,(H,30,36)(H,34,35). The van der Waals surface area contributed by atoms with Gasteiger partial charge in [0.25, 0.3) is 0 Å². The average Bonchev–Trinajstić information content (AvgIpc) is 3.36. The third-order valence-electron chi connectivity index (χ3n) is 7.38. The Hall–Kier alpha value is -4.07. The molecule has 1 atom stereocenters. The number of thiophene rings is 2. The van der Waals surface area contributed by atoms with Crippen LogP contribution in [0, 0.1) is 0 Å². The molecule has 0 bridgehead atoms. The van der Waals surface area contributed by atoms with E-state index in [0.717, 1.165) is 31.0 Å². The molecular formula is C29H26N4O6S3. The van der Waals surface area contributed by atoms with E-state index in [9.17, 15) is 23.1 Å². The Kier molecular flexibility index (Phi) is 6.90. The first-order valence-electron chi connectivity index (χ1n) is 13.0. The van der Waals surface area contributed by atoms with Crippen LogP contribution in [-0.4, -0.2) is 46.8 Å². The summed E-state index contributed by atoms with van der Waals surface area (Å²) < 4.78 is 34.3. The molecule has 1 aliphatic carbocycles. The van der Waals surface area contributed by atoms with Crippen LogP contribution in [0.2, 0.25) is 0 Å². The van der Waals surface area contributed by atoms with Crippen molar-refractivity contribution < 1.29 is 27.9 Å². The first kappa shape index (κ1) is 28.1. The fourth-order valence-corrected chi connectivity index (χ4v) is 8.32. The number of benzene rings is 2. The second kappa shape index (κ2) is 10.3. The molecule has 1 amide bonds. The number of hydrogen-bond donors (Lipinski definition) is 2. The molecule has 0 saturated heterocycles. The van der Waals surface area contributed by atoms with Crippen molar-refractivity contribution in [2.75, 3.05) is 11.6 Å². The van der Waals surface area contributed by atoms with Crippen LogP contribution in [0.25, 0.3) is 30.4 Å². The number of carbonyl (C=O) groups excluding carboxylic acids is 1. The largest absolute Gasteiger partial charge is 0.481 e. The molecule has 2 aromatic carbocycles. The third kappa shape index (κ3) is 5.08. The maximum absolute atomic E-state index is 12.7. The summed E-state index contributed by atoms with van der Waals surface area (Å²) in [5, 5.41) is 20.9. The number of nitrogens with zero attached hydrogens (tertiary/aromatic N) is 3. The lowest BCUT2D eigenvalue weighted by Crippen LogP contribution is -2.22. The van der Waals surface area contributed by atoms with Gasteiger partial charge in [-0.25, -0.2) is 17.9 Å². The number of aromatic nitrogens is 3. The van der Waals surface area contributed by atoms with Crippen LogP contribution in [0.5, 0.6) is 0 Å². The Bertz CT molecular complexity index is 1920. The van der Waals surface area contributed by atoms with Crippen molar-refractivity contribution in [2.45, 2.75) is 36.2 Å². The van der Waals surface area contributed by atoms with Crippen molar-refractivity contribution in [2.24, 2.45) is 7.05 Å². The highest BCUT2D eigenvalue weighted by Crippen LogP contribution is 2.51. The summed E-state index contributed by atoms with van der Waals surface area (Å²) in [7, 11) is -1.97. The Morgan fingerprint density at radius 2 is 1.71 bits per heavy atom. The molecule has 3 heterocycles. The number of aliphatic carboxylic acids is 1. The van der Waals surface area contributed by atoms with Crippen LogP contribution >= 0.6 is 22.7 Å². The van der Waals surface area contributed by atoms with Crippen LogP contribution in [0.1, 0.15) is 37.0 Å². The van der Waals surface area contributed by atoms with E-state index in [1.807, 2.05) is 42.5 Å². The van der Waals surface area contributed by atoms with Crippen LogP contribution in [0.4, 0.5) is 10.6 Å². The predicted molar refractivity (Wildman–Crippen MR) is 162 cm³/mol. The van der Waals surface area contributed by atoms with Gasteiger partial charge in [-0.2, -0.15) is 0 Å². The van der Waals surface area contributed by atoms with Crippen molar-refractivity contribution in [3.63, 3.8) is 0 Å². The molecule has 3 aromatic heterocycles. The maximum Gasteiger partial charge on any atom is 0.413 e. The van der Waals surface area contributed by atoms with Crippen LogP contribution in [-0.2, 0) is 31.8 Å². The number of rotatable bonds is 8. The minimum Gasteiger partial charge on any atom is -0.481 e. The maximum atomic E-state index is 12.7. The number of fused-ring (bicyclic) bond motifs is 1. The molecule has 1 saturated carbocycles. The number of amides is 1. The molecule has 0 aliphatic heterocycles. The molecule has 1 unspecified atom stereocenters. The second-order valence-corrected chi connectivity index (χ2v) is 14.5. The summed E-state index contributed by atoms with van der Waals surface area (Å²) in [6.07, 6.45) is 0.879. The van der Waals surface area contributed by atoms with Crippen molar-refractivity contribution in [3.05, 3.63) is 71.8 Å². The molecule has 216 valence electrons. The van der Waals surface area contributed by atoms with E-state index >= 15 is 0 Å². The number of aryl methyl sites for hydroxylation is 1. The van der Waals surface area contributed by atoms with Gasteiger partial charge in [0, 0.05) is 27.6 Å². The Labute approximate surface area is 249 Å². The molecule has 0 spiro atoms. The van der Waals surface area contributed by atoms with E-state index in [0.29, 0.717) is 35.5 Å². The van der Waals surface area contributed by atoms with Gasteiger partial charge in [-0.3, -0.25) is 10.1 Å². The molecule has 5 aromatic rings. The smallest absolute Gasteiger partial charge is 0.413 e. The van der Waals surface area contributed by atoms with Gasteiger partial charge in [-0.05, 0) is 54.7 Å². The third-order valence-corrected chi connectivity index (χ3v) is 10.9. The number of carboxylic acids is 1. The zero-order valence-electron chi connectivity index (χ0n) is 22.8. The summed E-state index contributed by atoms with van der Waals surface area (Å²) in [4.78, 5) is 26.3. The highest BCUT2D eigenvalue weighted by atomic mass is 32.2. The minimum absolute atomic E-state index is 0.0566. The number of anilines is 1. The quantitative estimate of drug-likeness (QED) is 0.207. The molecular weight excluding hydrogens is 597 g/mol. The summed E-state index contributed by atoms with van der Waals surface area (Å²) in [5.41, 5.74) is 1.30. The Balaban J connectivity index is 1.26. The first-order valence-corrected chi connectivity index (χ1v) is 16.5. The van der Waals surface area contributed by atoms with Crippen molar-refractivity contribution in [1.29, 1.82) is 0 Å². The van der Waals surface area contributed by atoms with Gasteiger partial charge in [0.05, 0.1) is 15.2 Å². The lowest BCUT2D eigenvalue weighted by molar-refractivity contribution is -0.140. The SMILES string of the molecule is CC(OC(=O)Nc1c(-c2cc3sc(-c4ccc(C5(C(=O)O)CC5)c(S(C)(=O)=O)c4)cc3s2)nnn1C)c1ccccc1. The van der Waals surface area contributed by atoms with Gasteiger partial charge in [0.2, 0.25) is 0 Å². The molecule has 13 heteroatoms. The number of carbonyl (C=O) groups is 2. The van der Waals surface area contributed by atoms with Gasteiger partial charge in [0.15, 0.2) is 15.7 Å². The lowest BCUT2D eigenvalue weighted by Gasteiger charge is -2.15. The molecule has 10 nitrogen and oxygen atoms in total. The molecule has 1 fully saturated rings. The van der Waals surface area contributed by atoms with Crippen LogP contribution < -0.4 is 5.32 Å². The molecule has 1 aliphatic rings. The summed E-state index contributed by atoms with van der Waals surface area (Å²) in [5.74, 6) is -0.601. The highest BCUT2D eigenvalue weighted by Gasteiger charge is 2.53. The number of sulfone groups is 1. The molecule has 0 radical (unpaired) electrons. The normalized spacial score (nSPS) is 14.9. The van der Waals surface area contributed by atoms with Crippen molar-refractivity contribution >= 4 is 59.8 Å². The number of ether oxygens (including phenoxy) is 1. The Morgan fingerprint density at radius 3 is 2.36 bits per heavy atom. The van der Waals surface area contributed by atoms with E-state index < -0.39 is 33.4 Å². The van der Waals surface area contributed by atoms with Gasteiger partial charge in [0.1, 0.15) is 11.8 Å². The van der Waals surface area contributed by atoms with E-state index in [-0.39, 0.29) is 4.90 Å². The average molecular weight is 623 g/mol. The van der Waals surface area contributed by atoms with E-state index in [1.54, 1.807) is 32.2 Å². The van der Waals surface area contributed by atoms with Crippen molar-refractivity contribution in [3.8, 4) is 21.0 Å². The lowest BCUT2D eigenvalue weighted by atomic mass is 9.95. The molecule has 42 heavy (non-hydrogen) atoms. The number of hydrogen-bond acceptors (Lipinski definition) is 9. The summed E-state index contributed by atoms with van der Waals surface area (Å²) in [6, 6.07) is 18.4. The minimum atomic E-state index is -3.65. The zero-order chi connectivity index (χ0) is 29.8. The first-order chi connectivity index (χ1) is 20.0. The van der Waals surface area contributed by atoms with E-state index in [4.69, 9.17) is 4.74 Å². The summed E-state index contributed by atoms with van der Waals surface area (Å²) in [6.45, 7) is 1.80. The monoisotopic (exact) mass is 622 g/mol.